The van der Waals surface area contributed by atoms with Gasteiger partial charge in [-0.15, -0.1) is 0 Å². The molecule has 1 heterocycles. The van der Waals surface area contributed by atoms with Crippen molar-refractivity contribution in [1.82, 2.24) is 4.90 Å². The Kier molecular flexibility index (Phi) is 3.97. The van der Waals surface area contributed by atoms with Gasteiger partial charge in [-0.05, 0) is 25.6 Å². The average molecular weight is 250 g/mol. The third-order valence-electron chi connectivity index (χ3n) is 3.66. The Morgan fingerprint density at radius 2 is 2.22 bits per heavy atom. The van der Waals surface area contributed by atoms with E-state index in [1.165, 1.54) is 6.07 Å². The van der Waals surface area contributed by atoms with Crippen LogP contribution in [0, 0.1) is 5.82 Å². The van der Waals surface area contributed by atoms with Crippen LogP contribution < -0.4 is 4.90 Å². The maximum Gasteiger partial charge on any atom is 0.155 e. The summed E-state index contributed by atoms with van der Waals surface area (Å²) in [6.45, 7) is 7.95. The molecule has 3 nitrogen and oxygen atoms in total. The molecule has 1 aromatic rings. The number of anilines is 1. The normalized spacial score (nSPS) is 21.1. The lowest BCUT2D eigenvalue weighted by molar-refractivity contribution is 0.111. The second-order valence-electron chi connectivity index (χ2n) is 4.71. The molecule has 18 heavy (non-hydrogen) atoms. The van der Waals surface area contributed by atoms with Crippen LogP contribution in [0.3, 0.4) is 0 Å². The second kappa shape index (κ2) is 5.48. The molecule has 0 aliphatic carbocycles. The smallest absolute Gasteiger partial charge is 0.155 e. The number of halogens is 1. The van der Waals surface area contributed by atoms with Crippen LogP contribution in [0.2, 0.25) is 0 Å². The van der Waals surface area contributed by atoms with Gasteiger partial charge in [-0.2, -0.15) is 0 Å². The van der Waals surface area contributed by atoms with Gasteiger partial charge in [0.25, 0.3) is 0 Å². The maximum absolute atomic E-state index is 13.6. The second-order valence-corrected chi connectivity index (χ2v) is 4.71. The monoisotopic (exact) mass is 250 g/mol. The zero-order valence-electron chi connectivity index (χ0n) is 10.9. The molecule has 1 aliphatic rings. The average Bonchev–Trinajstić information content (AvgIpc) is 2.38. The Hall–Kier alpha value is -1.42. The third-order valence-corrected chi connectivity index (χ3v) is 3.66. The van der Waals surface area contributed by atoms with Crippen LogP contribution in [-0.2, 0) is 0 Å². The maximum atomic E-state index is 13.6. The molecule has 1 aromatic carbocycles. The van der Waals surface area contributed by atoms with Crippen molar-refractivity contribution in [2.75, 3.05) is 31.1 Å². The minimum Gasteiger partial charge on any atom is -0.368 e. The molecule has 0 saturated carbocycles. The summed E-state index contributed by atoms with van der Waals surface area (Å²) in [6, 6.07) is 5.24. The molecule has 0 radical (unpaired) electrons. The van der Waals surface area contributed by atoms with E-state index in [2.05, 4.69) is 23.6 Å². The highest BCUT2D eigenvalue weighted by atomic mass is 19.1. The Bertz CT molecular complexity index is 436. The largest absolute Gasteiger partial charge is 0.368 e. The van der Waals surface area contributed by atoms with Gasteiger partial charge in [0.05, 0.1) is 11.3 Å². The number of nitrogens with zero attached hydrogens (tertiary/aromatic N) is 2. The van der Waals surface area contributed by atoms with Crippen molar-refractivity contribution in [2.24, 2.45) is 0 Å². The molecular weight excluding hydrogens is 231 g/mol. The van der Waals surface area contributed by atoms with Gasteiger partial charge < -0.3 is 4.90 Å². The van der Waals surface area contributed by atoms with E-state index < -0.39 is 5.82 Å². The van der Waals surface area contributed by atoms with Crippen molar-refractivity contribution < 1.29 is 9.18 Å². The molecule has 1 fully saturated rings. The van der Waals surface area contributed by atoms with E-state index in [9.17, 15) is 9.18 Å². The predicted molar refractivity (Wildman–Crippen MR) is 70.7 cm³/mol. The van der Waals surface area contributed by atoms with Gasteiger partial charge in [0, 0.05) is 25.7 Å². The lowest BCUT2D eigenvalue weighted by Gasteiger charge is -2.40. The van der Waals surface area contributed by atoms with Gasteiger partial charge in [-0.1, -0.05) is 13.0 Å². The molecule has 1 aliphatic heterocycles. The summed E-state index contributed by atoms with van der Waals surface area (Å²) < 4.78 is 13.6. The van der Waals surface area contributed by atoms with Crippen LogP contribution in [-0.4, -0.2) is 43.4 Å². The summed E-state index contributed by atoms with van der Waals surface area (Å²) in [5.41, 5.74) is 0.891. The fourth-order valence-corrected chi connectivity index (χ4v) is 2.60. The summed E-state index contributed by atoms with van der Waals surface area (Å²) >= 11 is 0. The van der Waals surface area contributed by atoms with Crippen molar-refractivity contribution in [3.63, 3.8) is 0 Å². The Labute approximate surface area is 107 Å². The molecule has 1 atom stereocenters. The van der Waals surface area contributed by atoms with Crippen molar-refractivity contribution in [3.05, 3.63) is 29.6 Å². The Balaban J connectivity index is 2.23. The fraction of sp³-hybridized carbons (Fsp3) is 0.500. The highest BCUT2D eigenvalue weighted by molar-refractivity contribution is 5.85. The van der Waals surface area contributed by atoms with E-state index in [0.29, 0.717) is 18.0 Å². The van der Waals surface area contributed by atoms with Gasteiger partial charge in [-0.3, -0.25) is 9.69 Å². The molecule has 2 rings (SSSR count). The zero-order chi connectivity index (χ0) is 13.1. The van der Waals surface area contributed by atoms with Gasteiger partial charge in [0.1, 0.15) is 5.82 Å². The molecule has 98 valence electrons. The Morgan fingerprint density at radius 1 is 1.44 bits per heavy atom. The van der Waals surface area contributed by atoms with E-state index in [4.69, 9.17) is 0 Å². The molecule has 0 spiro atoms. The van der Waals surface area contributed by atoms with Crippen LogP contribution in [0.15, 0.2) is 18.2 Å². The van der Waals surface area contributed by atoms with Crippen LogP contribution >= 0.6 is 0 Å². The SMILES string of the molecule is CCN1CCN(c2cccc(F)c2C=O)CC1C. The number of hydrogen-bond acceptors (Lipinski definition) is 3. The number of hydrogen-bond donors (Lipinski definition) is 0. The first-order valence-corrected chi connectivity index (χ1v) is 6.40. The van der Waals surface area contributed by atoms with Crippen LogP contribution in [0.4, 0.5) is 10.1 Å². The van der Waals surface area contributed by atoms with Crippen molar-refractivity contribution in [2.45, 2.75) is 19.9 Å². The third kappa shape index (κ3) is 2.38. The number of carbonyl (C=O) groups is 1. The number of piperazine rings is 1. The van der Waals surface area contributed by atoms with Crippen LogP contribution in [0.5, 0.6) is 0 Å². The van der Waals surface area contributed by atoms with Crippen LogP contribution in [0.25, 0.3) is 0 Å². The van der Waals surface area contributed by atoms with E-state index >= 15 is 0 Å². The molecule has 0 N–H and O–H groups in total. The van der Waals surface area contributed by atoms with Gasteiger partial charge in [-0.25, -0.2) is 4.39 Å². The summed E-state index contributed by atoms with van der Waals surface area (Å²) in [5, 5.41) is 0. The molecule has 4 heteroatoms. The zero-order valence-corrected chi connectivity index (χ0v) is 10.9. The first-order chi connectivity index (χ1) is 8.67. The van der Waals surface area contributed by atoms with E-state index in [-0.39, 0.29) is 5.56 Å². The minimum absolute atomic E-state index is 0.176. The summed E-state index contributed by atoms with van der Waals surface area (Å²) in [4.78, 5) is 15.5. The molecule has 0 bridgehead atoms. The number of rotatable bonds is 3. The lowest BCUT2D eigenvalue weighted by Crippen LogP contribution is -2.52. The number of carbonyl (C=O) groups excluding carboxylic acids is 1. The number of likely N-dealkylation sites (N-methyl/N-ethyl adjacent to an activating group) is 1. The van der Waals surface area contributed by atoms with E-state index in [0.717, 1.165) is 26.2 Å². The molecule has 1 saturated heterocycles. The summed E-state index contributed by atoms with van der Waals surface area (Å²) in [7, 11) is 0. The topological polar surface area (TPSA) is 23.6 Å². The van der Waals surface area contributed by atoms with E-state index in [1.807, 2.05) is 6.07 Å². The summed E-state index contributed by atoms with van der Waals surface area (Å²) in [5.74, 6) is -0.437. The highest BCUT2D eigenvalue weighted by Crippen LogP contribution is 2.24. The first kappa shape index (κ1) is 13.0. The fourth-order valence-electron chi connectivity index (χ4n) is 2.60. The molecule has 0 aromatic heterocycles. The van der Waals surface area contributed by atoms with E-state index in [1.54, 1.807) is 6.07 Å². The number of aldehydes is 1. The van der Waals surface area contributed by atoms with Crippen molar-refractivity contribution in [1.29, 1.82) is 0 Å². The quantitative estimate of drug-likeness (QED) is 0.768. The lowest BCUT2D eigenvalue weighted by atomic mass is 10.1. The van der Waals surface area contributed by atoms with Gasteiger partial charge in [0.2, 0.25) is 0 Å². The first-order valence-electron chi connectivity index (χ1n) is 6.40. The molecular formula is C14H19FN2O. The van der Waals surface area contributed by atoms with Gasteiger partial charge in [0.15, 0.2) is 6.29 Å². The highest BCUT2D eigenvalue weighted by Gasteiger charge is 2.24. The van der Waals surface area contributed by atoms with Crippen molar-refractivity contribution in [3.8, 4) is 0 Å². The van der Waals surface area contributed by atoms with Crippen molar-refractivity contribution >= 4 is 12.0 Å². The Morgan fingerprint density at radius 3 is 2.83 bits per heavy atom. The minimum atomic E-state index is -0.437. The number of benzene rings is 1. The molecule has 1 unspecified atom stereocenters. The molecule has 0 amide bonds. The standard InChI is InChI=1S/C14H19FN2O/c1-3-16-7-8-17(9-11(16)2)14-6-4-5-13(15)12(14)10-18/h4-6,10-11H,3,7-9H2,1-2H3. The predicted octanol–water partition coefficient (Wildman–Crippen LogP) is 2.17. The van der Waals surface area contributed by atoms with Gasteiger partial charge >= 0.3 is 0 Å². The summed E-state index contributed by atoms with van der Waals surface area (Å²) in [6.07, 6.45) is 0.613. The van der Waals surface area contributed by atoms with Crippen LogP contribution in [0.1, 0.15) is 24.2 Å².